The Hall–Kier alpha value is -2.18. The molecule has 1 unspecified atom stereocenters. The zero-order valence-corrected chi connectivity index (χ0v) is 17.4. The van der Waals surface area contributed by atoms with Gasteiger partial charge in [-0.2, -0.15) is 0 Å². The molecule has 0 bridgehead atoms. The molecule has 0 spiro atoms. The SMILES string of the molecule is CC(C)N(C(=O)C1C=CC=C1P(c1ccccc1)c1ccccc1)C(C)C. The largest absolute Gasteiger partial charge is 0.337 e. The van der Waals surface area contributed by atoms with Crippen LogP contribution in [0, 0.1) is 5.92 Å². The van der Waals surface area contributed by atoms with E-state index in [0.29, 0.717) is 0 Å². The maximum absolute atomic E-state index is 13.5. The molecule has 0 heterocycles. The molecule has 2 aromatic carbocycles. The lowest BCUT2D eigenvalue weighted by atomic mass is 10.1. The third-order valence-corrected chi connectivity index (χ3v) is 7.38. The number of carbonyl (C=O) groups is 1. The number of rotatable bonds is 6. The van der Waals surface area contributed by atoms with Gasteiger partial charge in [-0.1, -0.05) is 78.9 Å². The first-order valence-corrected chi connectivity index (χ1v) is 11.0. The lowest BCUT2D eigenvalue weighted by Crippen LogP contribution is -2.45. The van der Waals surface area contributed by atoms with Gasteiger partial charge in [0.1, 0.15) is 0 Å². The number of hydrogen-bond donors (Lipinski definition) is 0. The van der Waals surface area contributed by atoms with Crippen molar-refractivity contribution in [1.29, 1.82) is 0 Å². The summed E-state index contributed by atoms with van der Waals surface area (Å²) in [5, 5.41) is 3.79. The molecule has 1 aliphatic rings. The number of hydrogen-bond acceptors (Lipinski definition) is 1. The molecule has 0 fully saturated rings. The molecular weight excluding hydrogens is 349 g/mol. The molecule has 3 heteroatoms. The molecular formula is C24H28NOP. The van der Waals surface area contributed by atoms with Crippen molar-refractivity contribution in [3.05, 3.63) is 84.2 Å². The fourth-order valence-electron chi connectivity index (χ4n) is 3.76. The zero-order valence-electron chi connectivity index (χ0n) is 16.5. The van der Waals surface area contributed by atoms with Gasteiger partial charge in [-0.15, -0.1) is 0 Å². The van der Waals surface area contributed by atoms with Gasteiger partial charge in [-0.25, -0.2) is 0 Å². The molecule has 0 aromatic heterocycles. The molecule has 0 aliphatic heterocycles. The molecule has 1 aliphatic carbocycles. The lowest BCUT2D eigenvalue weighted by molar-refractivity contribution is -0.136. The van der Waals surface area contributed by atoms with Crippen LogP contribution in [0.4, 0.5) is 0 Å². The van der Waals surface area contributed by atoms with Crippen LogP contribution in [0.1, 0.15) is 27.7 Å². The highest BCUT2D eigenvalue weighted by molar-refractivity contribution is 7.76. The Labute approximate surface area is 164 Å². The predicted molar refractivity (Wildman–Crippen MR) is 117 cm³/mol. The summed E-state index contributed by atoms with van der Waals surface area (Å²) in [6, 6.07) is 21.5. The summed E-state index contributed by atoms with van der Waals surface area (Å²) < 4.78 is 0. The van der Waals surface area contributed by atoms with Crippen LogP contribution in [0.2, 0.25) is 0 Å². The van der Waals surface area contributed by atoms with Crippen molar-refractivity contribution in [2.24, 2.45) is 5.92 Å². The average molecular weight is 377 g/mol. The molecule has 3 rings (SSSR count). The minimum Gasteiger partial charge on any atom is -0.337 e. The van der Waals surface area contributed by atoms with Crippen molar-refractivity contribution in [2.45, 2.75) is 39.8 Å². The van der Waals surface area contributed by atoms with Gasteiger partial charge in [-0.05, 0) is 51.5 Å². The van der Waals surface area contributed by atoms with Gasteiger partial charge in [0.05, 0.1) is 5.92 Å². The van der Waals surface area contributed by atoms with Crippen LogP contribution in [-0.4, -0.2) is 22.9 Å². The molecule has 27 heavy (non-hydrogen) atoms. The smallest absolute Gasteiger partial charge is 0.234 e. The maximum Gasteiger partial charge on any atom is 0.234 e. The van der Waals surface area contributed by atoms with Gasteiger partial charge in [0, 0.05) is 12.1 Å². The highest BCUT2D eigenvalue weighted by atomic mass is 31.1. The first kappa shape index (κ1) is 19.6. The van der Waals surface area contributed by atoms with Crippen LogP contribution in [0.15, 0.2) is 84.2 Å². The van der Waals surface area contributed by atoms with E-state index in [1.807, 2.05) is 17.0 Å². The molecule has 0 saturated heterocycles. The quantitative estimate of drug-likeness (QED) is 0.660. The van der Waals surface area contributed by atoms with E-state index in [2.05, 4.69) is 94.5 Å². The van der Waals surface area contributed by atoms with Crippen molar-refractivity contribution in [2.75, 3.05) is 0 Å². The standard InChI is InChI=1S/C24H28NOP/c1-18(2)25(19(3)4)24(26)22-16-11-17-23(22)27(20-12-7-5-8-13-20)21-14-9-6-10-15-21/h5-19,22H,1-4H3. The van der Waals surface area contributed by atoms with Crippen molar-refractivity contribution in [3.8, 4) is 0 Å². The van der Waals surface area contributed by atoms with Crippen molar-refractivity contribution >= 4 is 24.4 Å². The normalized spacial score (nSPS) is 16.3. The van der Waals surface area contributed by atoms with Crippen molar-refractivity contribution < 1.29 is 4.79 Å². The summed E-state index contributed by atoms with van der Waals surface area (Å²) in [7, 11) is -0.736. The van der Waals surface area contributed by atoms with Gasteiger partial charge in [0.15, 0.2) is 0 Å². The zero-order chi connectivity index (χ0) is 19.4. The first-order chi connectivity index (χ1) is 13.0. The number of benzene rings is 2. The Morgan fingerprint density at radius 2 is 1.33 bits per heavy atom. The molecule has 2 aromatic rings. The molecule has 0 saturated carbocycles. The van der Waals surface area contributed by atoms with Crippen LogP contribution in [0.25, 0.3) is 0 Å². The van der Waals surface area contributed by atoms with E-state index in [4.69, 9.17) is 0 Å². The Morgan fingerprint density at radius 1 is 0.852 bits per heavy atom. The van der Waals surface area contributed by atoms with Crippen molar-refractivity contribution in [3.63, 3.8) is 0 Å². The van der Waals surface area contributed by atoms with Crippen LogP contribution >= 0.6 is 7.92 Å². The summed E-state index contributed by atoms with van der Waals surface area (Å²) in [6.07, 6.45) is 6.28. The second kappa shape index (κ2) is 8.67. The molecule has 140 valence electrons. The minimum absolute atomic E-state index is 0.179. The Morgan fingerprint density at radius 3 is 1.78 bits per heavy atom. The van der Waals surface area contributed by atoms with E-state index in [9.17, 15) is 4.79 Å². The second-order valence-corrected chi connectivity index (χ2v) is 9.61. The fourth-order valence-corrected chi connectivity index (χ4v) is 6.30. The third-order valence-electron chi connectivity index (χ3n) is 4.81. The molecule has 0 N–H and O–H groups in total. The van der Waals surface area contributed by atoms with Gasteiger partial charge in [0.25, 0.3) is 0 Å². The summed E-state index contributed by atoms with van der Waals surface area (Å²) in [4.78, 5) is 15.5. The van der Waals surface area contributed by atoms with Crippen LogP contribution in [0.3, 0.4) is 0 Å². The van der Waals surface area contributed by atoms with E-state index in [1.54, 1.807) is 0 Å². The van der Waals surface area contributed by atoms with Crippen LogP contribution in [0.5, 0.6) is 0 Å². The molecule has 0 radical (unpaired) electrons. The van der Waals surface area contributed by atoms with E-state index in [-0.39, 0.29) is 23.9 Å². The summed E-state index contributed by atoms with van der Waals surface area (Å²) in [5.41, 5.74) is 0. The van der Waals surface area contributed by atoms with Crippen LogP contribution < -0.4 is 10.6 Å². The topological polar surface area (TPSA) is 20.3 Å². The first-order valence-electron chi connectivity index (χ1n) is 9.61. The second-order valence-electron chi connectivity index (χ2n) is 7.39. The Kier molecular flexibility index (Phi) is 6.29. The lowest BCUT2D eigenvalue weighted by Gasteiger charge is -2.34. The van der Waals surface area contributed by atoms with E-state index >= 15 is 0 Å². The molecule has 1 atom stereocenters. The maximum atomic E-state index is 13.5. The van der Waals surface area contributed by atoms with E-state index in [1.165, 1.54) is 15.9 Å². The number of carbonyl (C=O) groups excluding carboxylic acids is 1. The van der Waals surface area contributed by atoms with Crippen LogP contribution in [-0.2, 0) is 4.79 Å². The molecule has 1 amide bonds. The predicted octanol–water partition coefficient (Wildman–Crippen LogP) is 4.83. The highest BCUT2D eigenvalue weighted by Crippen LogP contribution is 2.49. The van der Waals surface area contributed by atoms with E-state index < -0.39 is 7.92 Å². The summed E-state index contributed by atoms with van der Waals surface area (Å²) >= 11 is 0. The number of amides is 1. The average Bonchev–Trinajstić information content (AvgIpc) is 3.12. The summed E-state index contributed by atoms with van der Waals surface area (Å²) in [5.74, 6) is 0.0284. The van der Waals surface area contributed by atoms with Gasteiger partial charge in [0.2, 0.25) is 5.91 Å². The van der Waals surface area contributed by atoms with Gasteiger partial charge < -0.3 is 4.90 Å². The third kappa shape index (κ3) is 4.22. The van der Waals surface area contributed by atoms with Gasteiger partial charge in [-0.3, -0.25) is 4.79 Å². The number of nitrogens with zero attached hydrogens (tertiary/aromatic N) is 1. The van der Waals surface area contributed by atoms with Crippen molar-refractivity contribution in [1.82, 2.24) is 4.90 Å². The fraction of sp³-hybridized carbons (Fsp3) is 0.292. The molecule has 2 nitrogen and oxygen atoms in total. The van der Waals surface area contributed by atoms with Gasteiger partial charge >= 0.3 is 0 Å². The monoisotopic (exact) mass is 377 g/mol. The highest BCUT2D eigenvalue weighted by Gasteiger charge is 2.34. The minimum atomic E-state index is -0.736. The Balaban J connectivity index is 2.01. The summed E-state index contributed by atoms with van der Waals surface area (Å²) in [6.45, 7) is 8.38. The number of allylic oxidation sites excluding steroid dienone is 2. The Bertz CT molecular complexity index is 776. The van der Waals surface area contributed by atoms with E-state index in [0.717, 1.165) is 0 Å².